The van der Waals surface area contributed by atoms with Gasteiger partial charge in [-0.1, -0.05) is 24.3 Å². The molecule has 0 saturated carbocycles. The zero-order valence-corrected chi connectivity index (χ0v) is 14.4. The first-order valence-electron chi connectivity index (χ1n) is 7.62. The zero-order chi connectivity index (χ0) is 18.6. The third-order valence-electron chi connectivity index (χ3n) is 3.43. The highest BCUT2D eigenvalue weighted by atomic mass is 32.2. The van der Waals surface area contributed by atoms with Crippen molar-refractivity contribution in [2.45, 2.75) is 11.5 Å². The molecule has 0 radical (unpaired) electrons. The van der Waals surface area contributed by atoms with Gasteiger partial charge in [-0.2, -0.15) is 0 Å². The first kappa shape index (κ1) is 17.7. The van der Waals surface area contributed by atoms with Gasteiger partial charge in [-0.05, 0) is 42.5 Å². The van der Waals surface area contributed by atoms with E-state index in [-0.39, 0.29) is 17.3 Å². The molecule has 0 spiro atoms. The lowest BCUT2D eigenvalue weighted by molar-refractivity contribution is 0.0992. The van der Waals surface area contributed by atoms with Gasteiger partial charge in [-0.25, -0.2) is 13.6 Å². The van der Waals surface area contributed by atoms with E-state index in [1.807, 2.05) is 30.3 Å². The Morgan fingerprint density at radius 3 is 2.54 bits per heavy atom. The SMILES string of the molecule is NS(=O)(=O)c1cccc(NC(=O)c2ccc(COc3ccccc3)o2)c1. The number of carbonyl (C=O) groups is 1. The highest BCUT2D eigenvalue weighted by Crippen LogP contribution is 2.17. The molecule has 0 fully saturated rings. The summed E-state index contributed by atoms with van der Waals surface area (Å²) in [6.45, 7) is 0.179. The third-order valence-corrected chi connectivity index (χ3v) is 4.34. The van der Waals surface area contributed by atoms with Crippen LogP contribution in [0.3, 0.4) is 0 Å². The van der Waals surface area contributed by atoms with Crippen LogP contribution < -0.4 is 15.2 Å². The number of anilines is 1. The lowest BCUT2D eigenvalue weighted by atomic mass is 10.3. The molecule has 2 aromatic carbocycles. The van der Waals surface area contributed by atoms with Crippen molar-refractivity contribution < 1.29 is 22.4 Å². The maximum absolute atomic E-state index is 12.2. The Morgan fingerprint density at radius 1 is 1.04 bits per heavy atom. The summed E-state index contributed by atoms with van der Waals surface area (Å²) < 4.78 is 33.7. The topological polar surface area (TPSA) is 112 Å². The van der Waals surface area contributed by atoms with Crippen molar-refractivity contribution in [2.75, 3.05) is 5.32 Å². The molecular weight excluding hydrogens is 356 g/mol. The van der Waals surface area contributed by atoms with Crippen LogP contribution in [-0.2, 0) is 16.6 Å². The van der Waals surface area contributed by atoms with Crippen LogP contribution in [0.2, 0.25) is 0 Å². The lowest BCUT2D eigenvalue weighted by Gasteiger charge is -2.05. The number of nitrogens with one attached hydrogen (secondary N) is 1. The van der Waals surface area contributed by atoms with Crippen LogP contribution >= 0.6 is 0 Å². The molecule has 0 bridgehead atoms. The van der Waals surface area contributed by atoms with Gasteiger partial charge in [0.1, 0.15) is 18.1 Å². The van der Waals surface area contributed by atoms with Gasteiger partial charge in [-0.3, -0.25) is 4.79 Å². The van der Waals surface area contributed by atoms with E-state index in [1.165, 1.54) is 24.3 Å². The van der Waals surface area contributed by atoms with Gasteiger partial charge >= 0.3 is 0 Å². The number of nitrogens with two attached hydrogens (primary N) is 1. The third kappa shape index (κ3) is 4.50. The molecule has 7 nitrogen and oxygen atoms in total. The number of carbonyl (C=O) groups excluding carboxylic acids is 1. The van der Waals surface area contributed by atoms with Gasteiger partial charge < -0.3 is 14.5 Å². The van der Waals surface area contributed by atoms with E-state index in [4.69, 9.17) is 14.3 Å². The minimum atomic E-state index is -3.85. The fourth-order valence-corrected chi connectivity index (χ4v) is 2.75. The maximum Gasteiger partial charge on any atom is 0.291 e. The van der Waals surface area contributed by atoms with Crippen LogP contribution in [0.1, 0.15) is 16.3 Å². The second-order valence-electron chi connectivity index (χ2n) is 5.39. The molecule has 26 heavy (non-hydrogen) atoms. The minimum Gasteiger partial charge on any atom is -0.486 e. The van der Waals surface area contributed by atoms with Crippen molar-refractivity contribution in [3.05, 3.63) is 78.3 Å². The van der Waals surface area contributed by atoms with Crippen LogP contribution in [-0.4, -0.2) is 14.3 Å². The number of furan rings is 1. The number of benzene rings is 2. The second-order valence-corrected chi connectivity index (χ2v) is 6.96. The first-order valence-corrected chi connectivity index (χ1v) is 9.17. The summed E-state index contributed by atoms with van der Waals surface area (Å²) in [6, 6.07) is 18.0. The van der Waals surface area contributed by atoms with Crippen LogP contribution in [0.4, 0.5) is 5.69 Å². The Labute approximate surface area is 150 Å². The Bertz CT molecular complexity index is 1010. The molecule has 0 aliphatic heterocycles. The molecule has 3 rings (SSSR count). The van der Waals surface area contributed by atoms with Crippen molar-refractivity contribution in [1.29, 1.82) is 0 Å². The number of ether oxygens (including phenoxy) is 1. The molecule has 0 saturated heterocycles. The average molecular weight is 372 g/mol. The molecule has 1 heterocycles. The summed E-state index contributed by atoms with van der Waals surface area (Å²) >= 11 is 0. The fourth-order valence-electron chi connectivity index (χ4n) is 2.19. The standard InChI is InChI=1S/C18H16N2O5S/c19-26(22,23)16-8-4-5-13(11-16)20-18(21)17-10-9-15(25-17)12-24-14-6-2-1-3-7-14/h1-11H,12H2,(H,20,21)(H2,19,22,23). The Balaban J connectivity index is 1.65. The Morgan fingerprint density at radius 2 is 1.81 bits per heavy atom. The highest BCUT2D eigenvalue weighted by Gasteiger charge is 2.14. The molecule has 0 aliphatic rings. The lowest BCUT2D eigenvalue weighted by Crippen LogP contribution is -2.14. The van der Waals surface area contributed by atoms with Crippen molar-refractivity contribution >= 4 is 21.6 Å². The van der Waals surface area contributed by atoms with Gasteiger partial charge in [-0.15, -0.1) is 0 Å². The summed E-state index contributed by atoms with van der Waals surface area (Å²) in [4.78, 5) is 12.1. The van der Waals surface area contributed by atoms with Crippen molar-refractivity contribution in [3.63, 3.8) is 0 Å². The molecule has 3 aromatic rings. The van der Waals surface area contributed by atoms with Crippen LogP contribution in [0.15, 0.2) is 76.0 Å². The van der Waals surface area contributed by atoms with E-state index in [0.29, 0.717) is 17.2 Å². The summed E-state index contributed by atoms with van der Waals surface area (Å²) in [6.07, 6.45) is 0. The van der Waals surface area contributed by atoms with Gasteiger partial charge in [0, 0.05) is 5.69 Å². The number of sulfonamides is 1. The fraction of sp³-hybridized carbons (Fsp3) is 0.0556. The predicted octanol–water partition coefficient (Wildman–Crippen LogP) is 2.76. The number of rotatable bonds is 6. The summed E-state index contributed by atoms with van der Waals surface area (Å²) in [5, 5.41) is 7.64. The predicted molar refractivity (Wildman–Crippen MR) is 95.3 cm³/mol. The maximum atomic E-state index is 12.2. The number of hydrogen-bond acceptors (Lipinski definition) is 5. The van der Waals surface area contributed by atoms with Crippen LogP contribution in [0.25, 0.3) is 0 Å². The average Bonchev–Trinajstić information content (AvgIpc) is 3.10. The molecule has 0 unspecified atom stereocenters. The zero-order valence-electron chi connectivity index (χ0n) is 13.6. The number of para-hydroxylation sites is 1. The van der Waals surface area contributed by atoms with E-state index in [0.717, 1.165) is 0 Å². The molecule has 0 aliphatic carbocycles. The van der Waals surface area contributed by atoms with Gasteiger partial charge in [0.2, 0.25) is 10.0 Å². The molecule has 8 heteroatoms. The first-order chi connectivity index (χ1) is 12.4. The van der Waals surface area contributed by atoms with Gasteiger partial charge in [0.05, 0.1) is 4.90 Å². The number of primary sulfonamides is 1. The quantitative estimate of drug-likeness (QED) is 0.691. The molecule has 1 aromatic heterocycles. The summed E-state index contributed by atoms with van der Waals surface area (Å²) in [5.74, 6) is 0.743. The highest BCUT2D eigenvalue weighted by molar-refractivity contribution is 7.89. The van der Waals surface area contributed by atoms with E-state index in [1.54, 1.807) is 12.1 Å². The normalized spacial score (nSPS) is 11.1. The van der Waals surface area contributed by atoms with Crippen LogP contribution in [0.5, 0.6) is 5.75 Å². The summed E-state index contributed by atoms with van der Waals surface area (Å²) in [5.41, 5.74) is 0.292. The van der Waals surface area contributed by atoms with E-state index < -0.39 is 15.9 Å². The van der Waals surface area contributed by atoms with E-state index >= 15 is 0 Å². The van der Waals surface area contributed by atoms with E-state index in [9.17, 15) is 13.2 Å². The van der Waals surface area contributed by atoms with Crippen LogP contribution in [0, 0.1) is 0 Å². The molecular formula is C18H16N2O5S. The smallest absolute Gasteiger partial charge is 0.291 e. The van der Waals surface area contributed by atoms with E-state index in [2.05, 4.69) is 5.32 Å². The number of amides is 1. The molecule has 3 N–H and O–H groups in total. The monoisotopic (exact) mass is 372 g/mol. The minimum absolute atomic E-state index is 0.0812. The van der Waals surface area contributed by atoms with Gasteiger partial charge in [0.25, 0.3) is 5.91 Å². The summed E-state index contributed by atoms with van der Waals surface area (Å²) in [7, 11) is -3.85. The second kappa shape index (κ2) is 7.42. The molecule has 1 amide bonds. The van der Waals surface area contributed by atoms with Crippen molar-refractivity contribution in [1.82, 2.24) is 0 Å². The van der Waals surface area contributed by atoms with Gasteiger partial charge in [0.15, 0.2) is 5.76 Å². The van der Waals surface area contributed by atoms with Crippen molar-refractivity contribution in [3.8, 4) is 5.75 Å². The largest absolute Gasteiger partial charge is 0.486 e. The number of hydrogen-bond donors (Lipinski definition) is 2. The van der Waals surface area contributed by atoms with Crippen molar-refractivity contribution in [2.24, 2.45) is 5.14 Å². The Kier molecular flexibility index (Phi) is 5.06. The molecule has 134 valence electrons. The Hall–Kier alpha value is -3.10. The molecule has 0 atom stereocenters.